The molecule has 0 saturated heterocycles. The van der Waals surface area contributed by atoms with Gasteiger partial charge in [0.15, 0.2) is 0 Å². The Morgan fingerprint density at radius 2 is 2.00 bits per heavy atom. The molecule has 1 amide bonds. The first-order valence-electron chi connectivity index (χ1n) is 8.88. The molecule has 1 aliphatic heterocycles. The number of hydrogen-bond donors (Lipinski definition) is 1. The number of nitrogens with zero attached hydrogens (tertiary/aromatic N) is 3. The molecule has 0 radical (unpaired) electrons. The summed E-state index contributed by atoms with van der Waals surface area (Å²) in [5.41, 5.74) is 4.35. The second-order valence-electron chi connectivity index (χ2n) is 7.03. The number of rotatable bonds is 4. The molecule has 1 aliphatic rings. The molecule has 0 aliphatic carbocycles. The number of hydrogen-bond acceptors (Lipinski definition) is 3. The van der Waals surface area contributed by atoms with E-state index in [1.54, 1.807) is 0 Å². The van der Waals surface area contributed by atoms with Crippen molar-refractivity contribution in [2.24, 2.45) is 0 Å². The quantitative estimate of drug-likeness (QED) is 0.740. The van der Waals surface area contributed by atoms with Crippen LogP contribution < -0.4 is 10.2 Å². The van der Waals surface area contributed by atoms with Gasteiger partial charge in [-0.3, -0.25) is 4.79 Å². The molecular formula is C21H21ClN4O. The number of benzene rings is 2. The van der Waals surface area contributed by atoms with Gasteiger partial charge in [0.25, 0.3) is 0 Å². The number of fused-ring (bicyclic) bond motifs is 1. The molecule has 1 atom stereocenters. The topological polar surface area (TPSA) is 50.2 Å². The molecule has 1 N–H and O–H groups in total. The van der Waals surface area contributed by atoms with Crippen molar-refractivity contribution in [3.05, 3.63) is 76.4 Å². The summed E-state index contributed by atoms with van der Waals surface area (Å²) >= 11 is 6.09. The lowest BCUT2D eigenvalue weighted by Crippen LogP contribution is -2.25. The van der Waals surface area contributed by atoms with E-state index in [2.05, 4.69) is 39.6 Å². The van der Waals surface area contributed by atoms with Crippen molar-refractivity contribution >= 4 is 29.0 Å². The third kappa shape index (κ3) is 3.55. The Kier molecular flexibility index (Phi) is 4.62. The van der Waals surface area contributed by atoms with Crippen molar-refractivity contribution < 1.29 is 4.79 Å². The number of nitrogens with one attached hydrogen (secondary N) is 1. The average Bonchev–Trinajstić information content (AvgIpc) is 3.04. The van der Waals surface area contributed by atoms with Crippen LogP contribution >= 0.6 is 11.6 Å². The lowest BCUT2D eigenvalue weighted by Gasteiger charge is -2.24. The van der Waals surface area contributed by atoms with Gasteiger partial charge in [-0.1, -0.05) is 35.9 Å². The monoisotopic (exact) mass is 380 g/mol. The second-order valence-corrected chi connectivity index (χ2v) is 7.46. The summed E-state index contributed by atoms with van der Waals surface area (Å²) in [4.78, 5) is 14.4. The van der Waals surface area contributed by atoms with Crippen LogP contribution in [0, 0.1) is 0 Å². The van der Waals surface area contributed by atoms with Crippen LogP contribution in [-0.4, -0.2) is 29.8 Å². The van der Waals surface area contributed by atoms with E-state index >= 15 is 0 Å². The van der Waals surface area contributed by atoms with E-state index in [-0.39, 0.29) is 11.8 Å². The summed E-state index contributed by atoms with van der Waals surface area (Å²) in [6.45, 7) is 0.558. The summed E-state index contributed by atoms with van der Waals surface area (Å²) in [5, 5.41) is 8.21. The lowest BCUT2D eigenvalue weighted by molar-refractivity contribution is -0.116. The van der Waals surface area contributed by atoms with Gasteiger partial charge in [0.2, 0.25) is 5.91 Å². The summed E-state index contributed by atoms with van der Waals surface area (Å²) in [7, 11) is 4.03. The van der Waals surface area contributed by atoms with E-state index in [0.29, 0.717) is 18.0 Å². The molecule has 5 nitrogen and oxygen atoms in total. The van der Waals surface area contributed by atoms with Crippen molar-refractivity contribution in [2.75, 3.05) is 24.3 Å². The molecule has 27 heavy (non-hydrogen) atoms. The highest BCUT2D eigenvalue weighted by atomic mass is 35.5. The standard InChI is InChI=1S/C21H21ClN4O/c1-25(2)17-8-6-15(7-9-17)18-11-20(27)24-21-19(18)12-23-26(21)13-14-4-3-5-16(22)10-14/h3-10,12,18H,11,13H2,1-2H3,(H,24,27). The second kappa shape index (κ2) is 7.08. The van der Waals surface area contributed by atoms with Crippen molar-refractivity contribution in [3.63, 3.8) is 0 Å². The number of carbonyl (C=O) groups is 1. The Hall–Kier alpha value is -2.79. The van der Waals surface area contributed by atoms with Crippen LogP contribution in [0.5, 0.6) is 0 Å². The molecule has 0 spiro atoms. The maximum absolute atomic E-state index is 12.4. The fourth-order valence-corrected chi connectivity index (χ4v) is 3.71. The minimum atomic E-state index is 0.0111. The van der Waals surface area contributed by atoms with Crippen LogP contribution in [0.15, 0.2) is 54.7 Å². The molecule has 2 heterocycles. The molecule has 4 rings (SSSR count). The largest absolute Gasteiger partial charge is 0.378 e. The van der Waals surface area contributed by atoms with Gasteiger partial charge in [0.1, 0.15) is 5.82 Å². The molecule has 0 fully saturated rings. The third-order valence-electron chi connectivity index (χ3n) is 4.92. The molecule has 2 aromatic carbocycles. The number of amides is 1. The zero-order valence-corrected chi connectivity index (χ0v) is 16.1. The highest BCUT2D eigenvalue weighted by Crippen LogP contribution is 2.37. The number of carbonyl (C=O) groups excluding carboxylic acids is 1. The van der Waals surface area contributed by atoms with E-state index in [0.717, 1.165) is 28.2 Å². The maximum Gasteiger partial charge on any atom is 0.226 e. The van der Waals surface area contributed by atoms with Crippen LogP contribution in [0.2, 0.25) is 5.02 Å². The van der Waals surface area contributed by atoms with E-state index in [1.165, 1.54) is 0 Å². The Labute approximate surface area is 163 Å². The Balaban J connectivity index is 1.67. The van der Waals surface area contributed by atoms with Crippen LogP contribution in [-0.2, 0) is 11.3 Å². The molecule has 1 aromatic heterocycles. The van der Waals surface area contributed by atoms with Crippen molar-refractivity contribution in [1.29, 1.82) is 0 Å². The Morgan fingerprint density at radius 3 is 2.70 bits per heavy atom. The van der Waals surface area contributed by atoms with Gasteiger partial charge in [-0.15, -0.1) is 0 Å². The van der Waals surface area contributed by atoms with Crippen molar-refractivity contribution in [1.82, 2.24) is 9.78 Å². The fourth-order valence-electron chi connectivity index (χ4n) is 3.50. The lowest BCUT2D eigenvalue weighted by atomic mass is 9.87. The van der Waals surface area contributed by atoms with E-state index in [4.69, 9.17) is 11.6 Å². The van der Waals surface area contributed by atoms with Gasteiger partial charge in [-0.25, -0.2) is 4.68 Å². The minimum absolute atomic E-state index is 0.0111. The molecule has 138 valence electrons. The highest BCUT2D eigenvalue weighted by Gasteiger charge is 2.30. The van der Waals surface area contributed by atoms with Gasteiger partial charge in [-0.05, 0) is 35.4 Å². The SMILES string of the molecule is CN(C)c1ccc(C2CC(=O)Nc3c2cnn3Cc2cccc(Cl)c2)cc1. The summed E-state index contributed by atoms with van der Waals surface area (Å²) < 4.78 is 1.83. The van der Waals surface area contributed by atoms with Crippen molar-refractivity contribution in [2.45, 2.75) is 18.9 Å². The zero-order valence-electron chi connectivity index (χ0n) is 15.3. The smallest absolute Gasteiger partial charge is 0.226 e. The van der Waals surface area contributed by atoms with E-state index in [1.807, 2.05) is 49.2 Å². The van der Waals surface area contributed by atoms with Gasteiger partial charge >= 0.3 is 0 Å². The predicted molar refractivity (Wildman–Crippen MR) is 109 cm³/mol. The third-order valence-corrected chi connectivity index (χ3v) is 5.16. The summed E-state index contributed by atoms with van der Waals surface area (Å²) in [5.74, 6) is 0.794. The Morgan fingerprint density at radius 1 is 1.22 bits per heavy atom. The van der Waals surface area contributed by atoms with Crippen LogP contribution in [0.1, 0.15) is 29.0 Å². The number of anilines is 2. The molecule has 0 bridgehead atoms. The van der Waals surface area contributed by atoms with E-state index < -0.39 is 0 Å². The average molecular weight is 381 g/mol. The Bertz CT molecular complexity index is 978. The molecule has 6 heteroatoms. The van der Waals surface area contributed by atoms with E-state index in [9.17, 15) is 4.79 Å². The molecule has 3 aromatic rings. The molecule has 0 saturated carbocycles. The summed E-state index contributed by atoms with van der Waals surface area (Å²) in [6.07, 6.45) is 2.29. The summed E-state index contributed by atoms with van der Waals surface area (Å²) in [6, 6.07) is 16.0. The normalized spacial score (nSPS) is 16.0. The highest BCUT2D eigenvalue weighted by molar-refractivity contribution is 6.30. The van der Waals surface area contributed by atoms with Crippen molar-refractivity contribution in [3.8, 4) is 0 Å². The first kappa shape index (κ1) is 17.6. The van der Waals surface area contributed by atoms with Gasteiger partial charge in [-0.2, -0.15) is 5.10 Å². The van der Waals surface area contributed by atoms with Gasteiger partial charge in [0, 0.05) is 42.7 Å². The number of aromatic nitrogens is 2. The molecule has 1 unspecified atom stereocenters. The number of halogens is 1. The maximum atomic E-state index is 12.4. The first-order valence-corrected chi connectivity index (χ1v) is 9.26. The first-order chi connectivity index (χ1) is 13.0. The van der Waals surface area contributed by atoms with Crippen LogP contribution in [0.25, 0.3) is 0 Å². The fraction of sp³-hybridized carbons (Fsp3) is 0.238. The molecular weight excluding hydrogens is 360 g/mol. The predicted octanol–water partition coefficient (Wildman–Crippen LogP) is 4.12. The zero-order chi connectivity index (χ0) is 19.0. The van der Waals surface area contributed by atoms with Crippen LogP contribution in [0.3, 0.4) is 0 Å². The van der Waals surface area contributed by atoms with Crippen LogP contribution in [0.4, 0.5) is 11.5 Å². The minimum Gasteiger partial charge on any atom is -0.378 e. The van der Waals surface area contributed by atoms with Gasteiger partial charge in [0.05, 0.1) is 12.7 Å². The van der Waals surface area contributed by atoms with Gasteiger partial charge < -0.3 is 10.2 Å².